The van der Waals surface area contributed by atoms with Crippen LogP contribution in [0.1, 0.15) is 20.7 Å². The Morgan fingerprint density at radius 1 is 1.56 bits per heavy atom. The smallest absolute Gasteiger partial charge is 0.285 e. The number of nitro groups is 1. The number of hydrogen-bond acceptors (Lipinski definition) is 5. The average molecular weight is 224 g/mol. The molecule has 0 unspecified atom stereocenters. The zero-order valence-electron chi connectivity index (χ0n) is 8.30. The van der Waals surface area contributed by atoms with Crippen molar-refractivity contribution in [2.75, 3.05) is 7.11 Å². The molecule has 0 fully saturated rings. The molecule has 0 saturated heterocycles. The maximum Gasteiger partial charge on any atom is 0.285 e. The Kier molecular flexibility index (Phi) is 3.19. The van der Waals surface area contributed by atoms with Gasteiger partial charge in [-0.3, -0.25) is 19.7 Å². The highest BCUT2D eigenvalue weighted by Gasteiger charge is 2.21. The Hall–Kier alpha value is -2.44. The fourth-order valence-corrected chi connectivity index (χ4v) is 1.20. The third-order valence-corrected chi connectivity index (χ3v) is 1.94. The van der Waals surface area contributed by atoms with Crippen LogP contribution in [0.2, 0.25) is 0 Å². The van der Waals surface area contributed by atoms with Crippen LogP contribution in [-0.4, -0.2) is 24.2 Å². The van der Waals surface area contributed by atoms with E-state index >= 15 is 0 Å². The van der Waals surface area contributed by atoms with Gasteiger partial charge in [-0.25, -0.2) is 0 Å². The summed E-state index contributed by atoms with van der Waals surface area (Å²) in [6.45, 7) is 0. The van der Waals surface area contributed by atoms with E-state index in [-0.39, 0.29) is 16.9 Å². The molecular formula is C9H8N2O5. The minimum absolute atomic E-state index is 0.0201. The molecule has 2 N–H and O–H groups in total. The van der Waals surface area contributed by atoms with Crippen molar-refractivity contribution in [1.82, 2.24) is 0 Å². The van der Waals surface area contributed by atoms with E-state index in [4.69, 9.17) is 10.5 Å². The van der Waals surface area contributed by atoms with E-state index in [1.165, 1.54) is 7.11 Å². The van der Waals surface area contributed by atoms with Gasteiger partial charge in [0.05, 0.1) is 23.7 Å². The van der Waals surface area contributed by atoms with Crippen molar-refractivity contribution in [3.8, 4) is 5.75 Å². The molecule has 0 aliphatic rings. The SMILES string of the molecule is COc1cc([N+](=O)[O-])c(C(N)=O)cc1C=O. The fourth-order valence-electron chi connectivity index (χ4n) is 1.20. The molecule has 0 heterocycles. The predicted octanol–water partition coefficient (Wildman–Crippen LogP) is 0.515. The minimum atomic E-state index is -0.975. The van der Waals surface area contributed by atoms with Crippen LogP contribution in [0.5, 0.6) is 5.75 Å². The van der Waals surface area contributed by atoms with Gasteiger partial charge in [0.2, 0.25) is 0 Å². The molecule has 0 aliphatic heterocycles. The molecule has 1 aromatic rings. The molecule has 1 amide bonds. The van der Waals surface area contributed by atoms with Crippen molar-refractivity contribution in [2.45, 2.75) is 0 Å². The summed E-state index contributed by atoms with van der Waals surface area (Å²) < 4.78 is 4.77. The van der Waals surface area contributed by atoms with Crippen LogP contribution in [0.15, 0.2) is 12.1 Å². The number of aldehydes is 1. The van der Waals surface area contributed by atoms with E-state index in [1.54, 1.807) is 0 Å². The number of hydrogen-bond donors (Lipinski definition) is 1. The molecular weight excluding hydrogens is 216 g/mol. The van der Waals surface area contributed by atoms with Crippen LogP contribution in [-0.2, 0) is 0 Å². The summed E-state index contributed by atoms with van der Waals surface area (Å²) in [7, 11) is 1.26. The number of amides is 1. The first kappa shape index (κ1) is 11.6. The van der Waals surface area contributed by atoms with Gasteiger partial charge in [-0.2, -0.15) is 0 Å². The minimum Gasteiger partial charge on any atom is -0.496 e. The number of nitrogens with zero attached hydrogens (tertiary/aromatic N) is 1. The number of nitrogens with two attached hydrogens (primary N) is 1. The van der Waals surface area contributed by atoms with Crippen molar-refractivity contribution in [1.29, 1.82) is 0 Å². The number of nitro benzene ring substituents is 1. The zero-order valence-corrected chi connectivity index (χ0v) is 8.30. The summed E-state index contributed by atoms with van der Waals surface area (Å²) in [6.07, 6.45) is 0.426. The van der Waals surface area contributed by atoms with E-state index in [0.29, 0.717) is 6.29 Å². The molecule has 0 bridgehead atoms. The normalized spacial score (nSPS) is 9.56. The van der Waals surface area contributed by atoms with E-state index in [9.17, 15) is 19.7 Å². The number of rotatable bonds is 4. The van der Waals surface area contributed by atoms with Gasteiger partial charge in [-0.05, 0) is 6.07 Å². The van der Waals surface area contributed by atoms with Gasteiger partial charge < -0.3 is 10.5 Å². The van der Waals surface area contributed by atoms with Gasteiger partial charge in [0.1, 0.15) is 11.3 Å². The first-order valence-electron chi connectivity index (χ1n) is 4.12. The van der Waals surface area contributed by atoms with Gasteiger partial charge in [-0.1, -0.05) is 0 Å². The van der Waals surface area contributed by atoms with Crippen molar-refractivity contribution in [3.05, 3.63) is 33.4 Å². The Morgan fingerprint density at radius 2 is 2.19 bits per heavy atom. The van der Waals surface area contributed by atoms with Crippen LogP contribution in [0.25, 0.3) is 0 Å². The second-order valence-corrected chi connectivity index (χ2v) is 2.85. The van der Waals surface area contributed by atoms with Crippen LogP contribution in [0.4, 0.5) is 5.69 Å². The summed E-state index contributed by atoms with van der Waals surface area (Å²) in [5.74, 6) is -0.954. The van der Waals surface area contributed by atoms with Crippen LogP contribution in [0.3, 0.4) is 0 Å². The summed E-state index contributed by atoms with van der Waals surface area (Å²) in [5, 5.41) is 10.6. The number of primary amides is 1. The predicted molar refractivity (Wildman–Crippen MR) is 53.6 cm³/mol. The van der Waals surface area contributed by atoms with Gasteiger partial charge in [0, 0.05) is 0 Å². The molecule has 7 heteroatoms. The standard InChI is InChI=1S/C9H8N2O5/c1-16-8-3-7(11(14)15)6(9(10)13)2-5(8)4-12/h2-4H,1H3,(H2,10,13). The van der Waals surface area contributed by atoms with Crippen molar-refractivity contribution in [3.63, 3.8) is 0 Å². The largest absolute Gasteiger partial charge is 0.496 e. The molecule has 0 radical (unpaired) electrons. The van der Waals surface area contributed by atoms with Crippen molar-refractivity contribution >= 4 is 17.9 Å². The highest BCUT2D eigenvalue weighted by molar-refractivity contribution is 5.99. The molecule has 0 atom stereocenters. The zero-order chi connectivity index (χ0) is 12.3. The number of benzene rings is 1. The molecule has 84 valence electrons. The number of methoxy groups -OCH3 is 1. The molecule has 0 saturated carbocycles. The highest BCUT2D eigenvalue weighted by atomic mass is 16.6. The molecule has 1 rings (SSSR count). The maximum absolute atomic E-state index is 11.0. The van der Waals surface area contributed by atoms with Gasteiger partial charge in [0.25, 0.3) is 11.6 Å². The second-order valence-electron chi connectivity index (χ2n) is 2.85. The van der Waals surface area contributed by atoms with E-state index in [2.05, 4.69) is 0 Å². The van der Waals surface area contributed by atoms with E-state index < -0.39 is 16.5 Å². The van der Waals surface area contributed by atoms with Gasteiger partial charge in [0.15, 0.2) is 6.29 Å². The molecule has 7 nitrogen and oxygen atoms in total. The lowest BCUT2D eigenvalue weighted by Crippen LogP contribution is -2.14. The van der Waals surface area contributed by atoms with Crippen molar-refractivity contribution in [2.24, 2.45) is 5.73 Å². The molecule has 0 spiro atoms. The van der Waals surface area contributed by atoms with Crippen LogP contribution >= 0.6 is 0 Å². The lowest BCUT2D eigenvalue weighted by atomic mass is 10.1. The first-order chi connectivity index (χ1) is 7.51. The Labute approximate surface area is 90.0 Å². The first-order valence-corrected chi connectivity index (χ1v) is 4.12. The Morgan fingerprint density at radius 3 is 2.56 bits per heavy atom. The number of ether oxygens (including phenoxy) is 1. The van der Waals surface area contributed by atoms with E-state index in [0.717, 1.165) is 12.1 Å². The quantitative estimate of drug-likeness (QED) is 0.455. The summed E-state index contributed by atoms with van der Waals surface area (Å²) in [6, 6.07) is 2.02. The third-order valence-electron chi connectivity index (χ3n) is 1.94. The fraction of sp³-hybridized carbons (Fsp3) is 0.111. The summed E-state index contributed by atoms with van der Waals surface area (Å²) in [5.41, 5.74) is 4.18. The Bertz CT molecular complexity index is 469. The van der Waals surface area contributed by atoms with E-state index in [1.807, 2.05) is 0 Å². The van der Waals surface area contributed by atoms with Gasteiger partial charge in [-0.15, -0.1) is 0 Å². The number of carbonyl (C=O) groups excluding carboxylic acids is 2. The molecule has 16 heavy (non-hydrogen) atoms. The lowest BCUT2D eigenvalue weighted by molar-refractivity contribution is -0.385. The lowest BCUT2D eigenvalue weighted by Gasteiger charge is -2.05. The summed E-state index contributed by atoms with van der Waals surface area (Å²) in [4.78, 5) is 31.5. The van der Waals surface area contributed by atoms with Crippen LogP contribution in [0, 0.1) is 10.1 Å². The topological polar surface area (TPSA) is 113 Å². The monoisotopic (exact) mass is 224 g/mol. The van der Waals surface area contributed by atoms with Crippen LogP contribution < -0.4 is 10.5 Å². The summed E-state index contributed by atoms with van der Waals surface area (Å²) >= 11 is 0. The molecule has 0 aromatic heterocycles. The molecule has 1 aromatic carbocycles. The molecule has 0 aliphatic carbocycles. The van der Waals surface area contributed by atoms with Gasteiger partial charge >= 0.3 is 0 Å². The maximum atomic E-state index is 11.0. The Balaban J connectivity index is 3.53. The van der Waals surface area contributed by atoms with Crippen molar-refractivity contribution < 1.29 is 19.2 Å². The number of carbonyl (C=O) groups is 2. The second kappa shape index (κ2) is 4.39. The average Bonchev–Trinajstić information content (AvgIpc) is 2.26. The third kappa shape index (κ3) is 1.97. The highest BCUT2D eigenvalue weighted by Crippen LogP contribution is 2.27.